The number of carboxylic acids is 1. The van der Waals surface area contributed by atoms with Gasteiger partial charge >= 0.3 is 5.97 Å². The molecule has 164 valence electrons. The topological polar surface area (TPSA) is 184 Å². The van der Waals surface area contributed by atoms with Crippen molar-refractivity contribution in [2.45, 2.75) is 43.8 Å². The lowest BCUT2D eigenvalue weighted by Crippen LogP contribution is -2.56. The van der Waals surface area contributed by atoms with Crippen LogP contribution in [-0.2, 0) is 20.8 Å². The fourth-order valence-electron chi connectivity index (χ4n) is 3.13. The van der Waals surface area contributed by atoms with Gasteiger partial charge in [0.2, 0.25) is 11.8 Å². The fraction of sp³-hybridized carbons (Fsp3) is 0.450. The summed E-state index contributed by atoms with van der Waals surface area (Å²) in [5.41, 5.74) is 13.2. The predicted molar refractivity (Wildman–Crippen MR) is 111 cm³/mol. The predicted octanol–water partition coefficient (Wildman–Crippen LogP) is -0.787. The third-order valence-electron chi connectivity index (χ3n) is 4.83. The number of nitrogens with two attached hydrogens (primary N) is 2. The SMILES string of the molecule is NCCCC[C@H](NC(=O)[C@H](CO)NC(=O)[C@@H](N)Cc1c[nH]c2ccccc12)C(=O)O. The molecule has 0 aliphatic heterocycles. The van der Waals surface area contributed by atoms with Crippen LogP contribution in [0.25, 0.3) is 10.9 Å². The number of carboxylic acid groups (broad SMARTS) is 1. The van der Waals surface area contributed by atoms with Gasteiger partial charge in [-0.1, -0.05) is 18.2 Å². The number of fused-ring (bicyclic) bond motifs is 1. The first-order valence-electron chi connectivity index (χ1n) is 9.82. The van der Waals surface area contributed by atoms with Gasteiger partial charge in [0.15, 0.2) is 0 Å². The van der Waals surface area contributed by atoms with Gasteiger partial charge in [0.05, 0.1) is 12.6 Å². The molecule has 30 heavy (non-hydrogen) atoms. The van der Waals surface area contributed by atoms with Gasteiger partial charge in [0, 0.05) is 17.1 Å². The molecule has 10 nitrogen and oxygen atoms in total. The number of carbonyl (C=O) groups is 3. The summed E-state index contributed by atoms with van der Waals surface area (Å²) in [5.74, 6) is -2.60. The first-order valence-corrected chi connectivity index (χ1v) is 9.82. The number of aliphatic hydroxyl groups is 1. The van der Waals surface area contributed by atoms with E-state index in [0.29, 0.717) is 19.4 Å². The zero-order valence-electron chi connectivity index (χ0n) is 16.6. The van der Waals surface area contributed by atoms with E-state index in [1.165, 1.54) is 0 Å². The summed E-state index contributed by atoms with van der Waals surface area (Å²) in [7, 11) is 0. The van der Waals surface area contributed by atoms with Crippen LogP contribution in [0, 0.1) is 0 Å². The van der Waals surface area contributed by atoms with E-state index in [1.807, 2.05) is 24.3 Å². The molecule has 0 radical (unpaired) electrons. The number of carbonyl (C=O) groups excluding carboxylic acids is 2. The van der Waals surface area contributed by atoms with E-state index in [2.05, 4.69) is 15.6 Å². The molecule has 2 aromatic rings. The van der Waals surface area contributed by atoms with Crippen molar-refractivity contribution in [3.63, 3.8) is 0 Å². The Morgan fingerprint density at radius 3 is 2.43 bits per heavy atom. The molecule has 0 saturated carbocycles. The molecular weight excluding hydrogens is 390 g/mol. The minimum absolute atomic E-state index is 0.199. The van der Waals surface area contributed by atoms with Crippen LogP contribution in [0.15, 0.2) is 30.5 Å². The van der Waals surface area contributed by atoms with Crippen LogP contribution in [0.5, 0.6) is 0 Å². The number of nitrogens with one attached hydrogen (secondary N) is 3. The van der Waals surface area contributed by atoms with E-state index in [1.54, 1.807) is 6.20 Å². The minimum atomic E-state index is -1.30. The number of amides is 2. The fourth-order valence-corrected chi connectivity index (χ4v) is 3.13. The highest BCUT2D eigenvalue weighted by Crippen LogP contribution is 2.18. The first-order chi connectivity index (χ1) is 14.4. The summed E-state index contributed by atoms with van der Waals surface area (Å²) >= 11 is 0. The van der Waals surface area contributed by atoms with Crippen molar-refractivity contribution < 1.29 is 24.6 Å². The smallest absolute Gasteiger partial charge is 0.326 e. The molecule has 1 heterocycles. The largest absolute Gasteiger partial charge is 0.480 e. The van der Waals surface area contributed by atoms with E-state index in [9.17, 15) is 24.6 Å². The Labute approximate surface area is 174 Å². The van der Waals surface area contributed by atoms with Crippen LogP contribution in [-0.4, -0.2) is 64.3 Å². The molecule has 0 aliphatic carbocycles. The average molecular weight is 419 g/mol. The monoisotopic (exact) mass is 419 g/mol. The Morgan fingerprint density at radius 1 is 1.07 bits per heavy atom. The molecule has 10 heteroatoms. The molecule has 0 bridgehead atoms. The number of unbranched alkanes of at least 4 members (excludes halogenated alkanes) is 1. The van der Waals surface area contributed by atoms with Gasteiger partial charge in [-0.15, -0.1) is 0 Å². The maximum atomic E-state index is 12.4. The Hall–Kier alpha value is -2.95. The zero-order chi connectivity index (χ0) is 22.1. The lowest BCUT2D eigenvalue weighted by molar-refractivity contribution is -0.142. The first kappa shape index (κ1) is 23.3. The van der Waals surface area contributed by atoms with Crippen LogP contribution in [0.2, 0.25) is 0 Å². The Bertz CT molecular complexity index is 868. The lowest BCUT2D eigenvalue weighted by atomic mass is 10.0. The van der Waals surface area contributed by atoms with Crippen LogP contribution in [0.4, 0.5) is 0 Å². The van der Waals surface area contributed by atoms with E-state index in [4.69, 9.17) is 11.5 Å². The standard InChI is InChI=1S/C20H29N5O5/c21-8-4-3-7-16(20(29)30)24-19(28)17(11-26)25-18(27)14(22)9-12-10-23-15-6-2-1-5-13(12)15/h1-2,5-6,10,14,16-17,23,26H,3-4,7-9,11,21-22H2,(H,24,28)(H,25,27)(H,29,30)/t14-,16-,17-/m0/s1. The van der Waals surface area contributed by atoms with Gasteiger partial charge in [-0.25, -0.2) is 4.79 Å². The summed E-state index contributed by atoms with van der Waals surface area (Å²) in [6, 6.07) is 4.20. The second-order valence-corrected chi connectivity index (χ2v) is 7.10. The number of hydrogen-bond donors (Lipinski definition) is 7. The summed E-state index contributed by atoms with van der Waals surface area (Å²) in [6.45, 7) is -0.267. The van der Waals surface area contributed by atoms with Gasteiger partial charge in [0.25, 0.3) is 0 Å². The number of rotatable bonds is 12. The second kappa shape index (κ2) is 11.3. The third-order valence-corrected chi connectivity index (χ3v) is 4.83. The maximum Gasteiger partial charge on any atom is 0.326 e. The van der Waals surface area contributed by atoms with Gasteiger partial charge in [-0.05, 0) is 43.9 Å². The molecule has 3 atom stereocenters. The average Bonchev–Trinajstić information content (AvgIpc) is 3.13. The summed E-state index contributed by atoms with van der Waals surface area (Å²) in [6.07, 6.45) is 3.35. The van der Waals surface area contributed by atoms with Crippen molar-refractivity contribution in [1.82, 2.24) is 15.6 Å². The molecule has 9 N–H and O–H groups in total. The van der Waals surface area contributed by atoms with Crippen molar-refractivity contribution in [2.24, 2.45) is 11.5 Å². The number of para-hydroxylation sites is 1. The van der Waals surface area contributed by atoms with Crippen LogP contribution < -0.4 is 22.1 Å². The van der Waals surface area contributed by atoms with Crippen molar-refractivity contribution in [3.05, 3.63) is 36.0 Å². The van der Waals surface area contributed by atoms with Crippen molar-refractivity contribution in [3.8, 4) is 0 Å². The number of benzene rings is 1. The highest BCUT2D eigenvalue weighted by Gasteiger charge is 2.27. The van der Waals surface area contributed by atoms with E-state index in [-0.39, 0.29) is 12.8 Å². The van der Waals surface area contributed by atoms with E-state index < -0.39 is 42.5 Å². The molecule has 0 fully saturated rings. The van der Waals surface area contributed by atoms with Crippen LogP contribution in [0.3, 0.4) is 0 Å². The molecule has 1 aromatic heterocycles. The minimum Gasteiger partial charge on any atom is -0.480 e. The van der Waals surface area contributed by atoms with Crippen molar-refractivity contribution >= 4 is 28.7 Å². The molecule has 0 aliphatic rings. The number of aliphatic carboxylic acids is 1. The van der Waals surface area contributed by atoms with Gasteiger partial charge in [-0.3, -0.25) is 9.59 Å². The number of H-pyrrole nitrogens is 1. The van der Waals surface area contributed by atoms with E-state index in [0.717, 1.165) is 16.5 Å². The molecule has 2 amide bonds. The van der Waals surface area contributed by atoms with Gasteiger partial charge < -0.3 is 37.3 Å². The lowest BCUT2D eigenvalue weighted by Gasteiger charge is -2.21. The Balaban J connectivity index is 1.95. The number of aromatic nitrogens is 1. The molecule has 1 aromatic carbocycles. The second-order valence-electron chi connectivity index (χ2n) is 7.10. The zero-order valence-corrected chi connectivity index (χ0v) is 16.6. The molecular formula is C20H29N5O5. The number of aromatic amines is 1. The quantitative estimate of drug-likeness (QED) is 0.220. The van der Waals surface area contributed by atoms with E-state index >= 15 is 0 Å². The molecule has 0 spiro atoms. The van der Waals surface area contributed by atoms with Crippen LogP contribution in [0.1, 0.15) is 24.8 Å². The highest BCUT2D eigenvalue weighted by molar-refractivity contribution is 5.92. The van der Waals surface area contributed by atoms with Crippen molar-refractivity contribution in [1.29, 1.82) is 0 Å². The number of aliphatic hydroxyl groups excluding tert-OH is 1. The Kier molecular flexibility index (Phi) is 8.78. The van der Waals surface area contributed by atoms with Gasteiger partial charge in [0.1, 0.15) is 12.1 Å². The molecule has 2 rings (SSSR count). The number of hydrogen-bond acceptors (Lipinski definition) is 6. The summed E-state index contributed by atoms with van der Waals surface area (Å²) in [5, 5.41) is 24.4. The Morgan fingerprint density at radius 2 is 1.77 bits per heavy atom. The summed E-state index contributed by atoms with van der Waals surface area (Å²) < 4.78 is 0. The third kappa shape index (κ3) is 6.28. The van der Waals surface area contributed by atoms with Gasteiger partial charge in [-0.2, -0.15) is 0 Å². The maximum absolute atomic E-state index is 12.4. The highest BCUT2D eigenvalue weighted by atomic mass is 16.4. The van der Waals surface area contributed by atoms with Crippen molar-refractivity contribution in [2.75, 3.05) is 13.2 Å². The molecule has 0 unspecified atom stereocenters. The summed E-state index contributed by atoms with van der Waals surface area (Å²) in [4.78, 5) is 39.2. The van der Waals surface area contributed by atoms with Crippen LogP contribution >= 0.6 is 0 Å². The molecule has 0 saturated heterocycles. The normalized spacial score (nSPS) is 14.1.